The molecule has 0 spiro atoms. The fourth-order valence-electron chi connectivity index (χ4n) is 3.80. The van der Waals surface area contributed by atoms with Gasteiger partial charge in [0.2, 0.25) is 12.0 Å². The third kappa shape index (κ3) is 4.39. The number of hydrogen-bond donors (Lipinski definition) is 5. The monoisotopic (exact) mass is 500 g/mol. The number of rotatable bonds is 5. The average molecular weight is 500 g/mol. The number of phenolic OH excluding ortho intramolecular Hbond substituents is 1. The van der Waals surface area contributed by atoms with Gasteiger partial charge in [-0.05, 0) is 30.3 Å². The van der Waals surface area contributed by atoms with E-state index in [1.165, 1.54) is 30.3 Å². The third-order valence-electron chi connectivity index (χ3n) is 5.70. The van der Waals surface area contributed by atoms with E-state index in [1.807, 2.05) is 0 Å². The van der Waals surface area contributed by atoms with Gasteiger partial charge in [0.05, 0.1) is 6.61 Å². The van der Waals surface area contributed by atoms with Crippen LogP contribution in [0, 0.1) is 0 Å². The highest BCUT2D eigenvalue weighted by molar-refractivity contribution is 5.82. The number of ether oxygens (including phenoxy) is 3. The number of aliphatic hydroxyl groups excluding tert-OH is 4. The lowest BCUT2D eigenvalue weighted by atomic mass is 9.99. The van der Waals surface area contributed by atoms with E-state index >= 15 is 0 Å². The highest BCUT2D eigenvalue weighted by atomic mass is 16.7. The van der Waals surface area contributed by atoms with E-state index in [1.54, 1.807) is 18.2 Å². The summed E-state index contributed by atoms with van der Waals surface area (Å²) in [6.07, 6.45) is -7.72. The number of aromatic hydroxyl groups is 1. The van der Waals surface area contributed by atoms with Crippen molar-refractivity contribution in [3.05, 3.63) is 69.4 Å². The lowest BCUT2D eigenvalue weighted by Gasteiger charge is -2.39. The fourth-order valence-corrected chi connectivity index (χ4v) is 3.80. The Morgan fingerprint density at radius 3 is 2.33 bits per heavy atom. The largest absolute Gasteiger partial charge is 0.504 e. The molecular weight excluding hydrogens is 480 g/mol. The van der Waals surface area contributed by atoms with Crippen molar-refractivity contribution < 1.29 is 48.6 Å². The molecule has 0 saturated carbocycles. The Labute approximate surface area is 200 Å². The summed E-state index contributed by atoms with van der Waals surface area (Å²) in [5.41, 5.74) is -1.14. The summed E-state index contributed by atoms with van der Waals surface area (Å²) >= 11 is 0. The van der Waals surface area contributed by atoms with Gasteiger partial charge in [-0.3, -0.25) is 0 Å². The summed E-state index contributed by atoms with van der Waals surface area (Å²) in [6.45, 7) is -0.657. The van der Waals surface area contributed by atoms with Crippen LogP contribution in [-0.4, -0.2) is 62.8 Å². The molecule has 12 nitrogen and oxygen atoms in total. The summed E-state index contributed by atoms with van der Waals surface area (Å²) in [5, 5.41) is 50.6. The average Bonchev–Trinajstić information content (AvgIpc) is 2.85. The maximum absolute atomic E-state index is 12.5. The second-order valence-corrected chi connectivity index (χ2v) is 8.13. The van der Waals surface area contributed by atoms with Gasteiger partial charge in [-0.25, -0.2) is 9.59 Å². The minimum Gasteiger partial charge on any atom is -0.504 e. The number of benzene rings is 2. The van der Waals surface area contributed by atoms with Crippen molar-refractivity contribution in [3.63, 3.8) is 0 Å². The van der Waals surface area contributed by atoms with Crippen LogP contribution >= 0.6 is 0 Å². The normalized spacial score (nSPS) is 24.2. The van der Waals surface area contributed by atoms with Gasteiger partial charge in [-0.1, -0.05) is 0 Å². The number of phenols is 1. The van der Waals surface area contributed by atoms with E-state index in [9.17, 15) is 35.1 Å². The van der Waals surface area contributed by atoms with Gasteiger partial charge in [-0.15, -0.1) is 0 Å². The van der Waals surface area contributed by atoms with Crippen LogP contribution in [0.5, 0.6) is 23.0 Å². The van der Waals surface area contributed by atoms with Gasteiger partial charge >= 0.3 is 11.3 Å². The number of aliphatic hydroxyl groups is 4. The van der Waals surface area contributed by atoms with Gasteiger partial charge < -0.3 is 48.6 Å². The predicted octanol–water partition coefficient (Wildman–Crippen LogP) is 0.576. The Morgan fingerprint density at radius 1 is 0.806 bits per heavy atom. The first-order chi connectivity index (χ1) is 17.2. The van der Waals surface area contributed by atoms with Crippen molar-refractivity contribution in [1.82, 2.24) is 0 Å². The molecule has 2 aromatic carbocycles. The molecule has 4 aromatic rings. The van der Waals surface area contributed by atoms with Crippen LogP contribution < -0.4 is 20.7 Å². The standard InChI is InChI=1S/C24H20O12/c25-9-18-20(28)21(29)22(30)24(36-18)35-16-8-15-11(5-13(16)26)6-17(23(31)34-15)32-12-3-1-10-2-4-19(27)33-14(10)7-12/h1-8,18,20-22,24-26,28-30H,9H2. The van der Waals surface area contributed by atoms with Crippen molar-refractivity contribution in [1.29, 1.82) is 0 Å². The van der Waals surface area contributed by atoms with Crippen molar-refractivity contribution in [2.24, 2.45) is 0 Å². The van der Waals surface area contributed by atoms with Crippen LogP contribution in [0.4, 0.5) is 0 Å². The molecule has 188 valence electrons. The molecule has 2 aromatic heterocycles. The Bertz CT molecular complexity index is 1540. The minimum absolute atomic E-state index is 0.00533. The van der Waals surface area contributed by atoms with E-state index in [0.29, 0.717) is 5.39 Å². The fraction of sp³-hybridized carbons (Fsp3) is 0.250. The second-order valence-electron chi connectivity index (χ2n) is 8.13. The summed E-state index contributed by atoms with van der Waals surface area (Å²) in [5.74, 6) is -0.683. The van der Waals surface area contributed by atoms with Crippen LogP contribution in [0.15, 0.2) is 67.0 Å². The van der Waals surface area contributed by atoms with Crippen LogP contribution in [-0.2, 0) is 4.74 Å². The third-order valence-corrected chi connectivity index (χ3v) is 5.70. The number of fused-ring (bicyclic) bond motifs is 2. The first-order valence-electron chi connectivity index (χ1n) is 10.7. The molecule has 1 aliphatic heterocycles. The van der Waals surface area contributed by atoms with E-state index in [-0.39, 0.29) is 33.8 Å². The molecule has 12 heteroatoms. The van der Waals surface area contributed by atoms with Crippen LogP contribution in [0.2, 0.25) is 0 Å². The summed E-state index contributed by atoms with van der Waals surface area (Å²) in [6, 6.07) is 11.2. The van der Waals surface area contributed by atoms with Crippen LogP contribution in [0.3, 0.4) is 0 Å². The molecule has 1 aliphatic rings. The Kier molecular flexibility index (Phi) is 6.12. The van der Waals surface area contributed by atoms with Gasteiger partial charge in [0, 0.05) is 29.0 Å². The lowest BCUT2D eigenvalue weighted by Crippen LogP contribution is -2.60. The summed E-state index contributed by atoms with van der Waals surface area (Å²) in [4.78, 5) is 24.0. The highest BCUT2D eigenvalue weighted by Gasteiger charge is 2.45. The van der Waals surface area contributed by atoms with Crippen molar-refractivity contribution >= 4 is 21.9 Å². The maximum atomic E-state index is 12.5. The molecule has 0 amide bonds. The van der Waals surface area contributed by atoms with E-state index in [2.05, 4.69) is 0 Å². The van der Waals surface area contributed by atoms with Crippen molar-refractivity contribution in [2.45, 2.75) is 30.7 Å². The lowest BCUT2D eigenvalue weighted by molar-refractivity contribution is -0.277. The van der Waals surface area contributed by atoms with Crippen LogP contribution in [0.25, 0.3) is 21.9 Å². The zero-order chi connectivity index (χ0) is 25.6. The van der Waals surface area contributed by atoms with E-state index in [0.717, 1.165) is 0 Å². The molecule has 0 radical (unpaired) electrons. The molecule has 5 unspecified atom stereocenters. The SMILES string of the molecule is O=c1ccc2ccc(Oc3cc4cc(O)c(OC5OC(CO)C(O)C(O)C5O)cc4oc3=O)cc2o1. The zero-order valence-corrected chi connectivity index (χ0v) is 18.3. The van der Waals surface area contributed by atoms with Gasteiger partial charge in [-0.2, -0.15) is 0 Å². The molecule has 0 aliphatic carbocycles. The predicted molar refractivity (Wildman–Crippen MR) is 121 cm³/mol. The highest BCUT2D eigenvalue weighted by Crippen LogP contribution is 2.35. The molecule has 0 bridgehead atoms. The molecular formula is C24H20O12. The molecule has 3 heterocycles. The Balaban J connectivity index is 1.43. The van der Waals surface area contributed by atoms with Crippen molar-refractivity contribution in [3.8, 4) is 23.0 Å². The molecule has 5 rings (SSSR count). The van der Waals surface area contributed by atoms with Crippen molar-refractivity contribution in [2.75, 3.05) is 6.61 Å². The summed E-state index contributed by atoms with van der Waals surface area (Å²) < 4.78 is 26.7. The quantitative estimate of drug-likeness (QED) is 0.240. The summed E-state index contributed by atoms with van der Waals surface area (Å²) in [7, 11) is 0. The first-order valence-corrected chi connectivity index (χ1v) is 10.7. The molecule has 5 atom stereocenters. The molecule has 1 saturated heterocycles. The smallest absolute Gasteiger partial charge is 0.379 e. The van der Waals surface area contributed by atoms with Crippen LogP contribution in [0.1, 0.15) is 0 Å². The van der Waals surface area contributed by atoms with Gasteiger partial charge in [0.1, 0.15) is 41.3 Å². The van der Waals surface area contributed by atoms with E-state index < -0.39 is 54.3 Å². The van der Waals surface area contributed by atoms with Gasteiger partial charge in [0.15, 0.2) is 11.5 Å². The topological polar surface area (TPSA) is 189 Å². The Morgan fingerprint density at radius 2 is 1.56 bits per heavy atom. The van der Waals surface area contributed by atoms with Gasteiger partial charge in [0.25, 0.3) is 0 Å². The maximum Gasteiger partial charge on any atom is 0.379 e. The minimum atomic E-state index is -1.70. The molecule has 5 N–H and O–H groups in total. The molecule has 1 fully saturated rings. The number of hydrogen-bond acceptors (Lipinski definition) is 12. The first kappa shape index (κ1) is 23.8. The Hall–Kier alpha value is -3.94. The second kappa shape index (κ2) is 9.26. The van der Waals surface area contributed by atoms with E-state index in [4.69, 9.17) is 23.0 Å². The molecule has 36 heavy (non-hydrogen) atoms. The zero-order valence-electron chi connectivity index (χ0n) is 18.3.